The van der Waals surface area contributed by atoms with Gasteiger partial charge in [-0.15, -0.1) is 0 Å². The van der Waals surface area contributed by atoms with Gasteiger partial charge in [0, 0.05) is 11.8 Å². The zero-order chi connectivity index (χ0) is 15.8. The Labute approximate surface area is 131 Å². The van der Waals surface area contributed by atoms with Crippen LogP contribution in [0.1, 0.15) is 41.3 Å². The Morgan fingerprint density at radius 2 is 1.73 bits per heavy atom. The van der Waals surface area contributed by atoms with Gasteiger partial charge in [-0.2, -0.15) is 5.10 Å². The van der Waals surface area contributed by atoms with Gasteiger partial charge >= 0.3 is 0 Å². The molecule has 2 aromatic carbocycles. The van der Waals surface area contributed by atoms with Gasteiger partial charge in [-0.1, -0.05) is 62.4 Å². The first kappa shape index (κ1) is 15.7. The zero-order valence-corrected chi connectivity index (χ0v) is 12.9. The summed E-state index contributed by atoms with van der Waals surface area (Å²) in [5, 5.41) is 3.91. The third-order valence-electron chi connectivity index (χ3n) is 3.25. The Morgan fingerprint density at radius 3 is 2.36 bits per heavy atom. The van der Waals surface area contributed by atoms with Crippen molar-refractivity contribution in [2.75, 3.05) is 0 Å². The van der Waals surface area contributed by atoms with Crippen LogP contribution in [0.4, 0.5) is 0 Å². The van der Waals surface area contributed by atoms with Gasteiger partial charge in [0.25, 0.3) is 5.91 Å². The molecule has 0 aliphatic heterocycles. The molecule has 3 nitrogen and oxygen atoms in total. The third-order valence-corrected chi connectivity index (χ3v) is 3.25. The van der Waals surface area contributed by atoms with Crippen LogP contribution in [0.5, 0.6) is 0 Å². The first-order chi connectivity index (χ1) is 10.7. The van der Waals surface area contributed by atoms with E-state index in [2.05, 4.69) is 24.4 Å². The van der Waals surface area contributed by atoms with Crippen LogP contribution in [0.25, 0.3) is 6.08 Å². The maximum absolute atomic E-state index is 11.9. The molecule has 2 rings (SSSR count). The number of benzene rings is 2. The standard InChI is InChI=1S/C19H20N2O/c1-15(2)17-10-12-18(13-11-17)19(22)21-20-14-6-9-16-7-4-3-5-8-16/h3-15H,1-2H3,(H,21,22). The highest BCUT2D eigenvalue weighted by molar-refractivity contribution is 5.94. The summed E-state index contributed by atoms with van der Waals surface area (Å²) in [5.74, 6) is 0.248. The molecule has 0 atom stereocenters. The Kier molecular flexibility index (Phi) is 5.66. The summed E-state index contributed by atoms with van der Waals surface area (Å²) in [6.45, 7) is 4.25. The van der Waals surface area contributed by atoms with Crippen LogP contribution in [0.2, 0.25) is 0 Å². The minimum Gasteiger partial charge on any atom is -0.267 e. The minimum atomic E-state index is -0.209. The summed E-state index contributed by atoms with van der Waals surface area (Å²) in [6, 6.07) is 17.5. The Balaban J connectivity index is 1.87. The van der Waals surface area contributed by atoms with E-state index in [1.807, 2.05) is 60.7 Å². The maximum atomic E-state index is 11.9. The molecule has 1 amide bonds. The first-order valence-corrected chi connectivity index (χ1v) is 7.32. The topological polar surface area (TPSA) is 41.5 Å². The predicted molar refractivity (Wildman–Crippen MR) is 92.0 cm³/mol. The molecule has 3 heteroatoms. The molecule has 0 unspecified atom stereocenters. The number of hydrogen-bond acceptors (Lipinski definition) is 2. The van der Waals surface area contributed by atoms with E-state index in [4.69, 9.17) is 0 Å². The average molecular weight is 292 g/mol. The molecule has 2 aromatic rings. The van der Waals surface area contributed by atoms with Crippen LogP contribution in [-0.2, 0) is 0 Å². The molecule has 0 fully saturated rings. The molecule has 0 heterocycles. The lowest BCUT2D eigenvalue weighted by Crippen LogP contribution is -2.17. The summed E-state index contributed by atoms with van der Waals surface area (Å²) in [7, 11) is 0. The number of rotatable bonds is 5. The lowest BCUT2D eigenvalue weighted by molar-refractivity contribution is 0.0955. The van der Waals surface area contributed by atoms with Gasteiger partial charge in [0.05, 0.1) is 0 Å². The van der Waals surface area contributed by atoms with Gasteiger partial charge in [0.1, 0.15) is 0 Å². The summed E-state index contributed by atoms with van der Waals surface area (Å²) in [6.07, 6.45) is 5.28. The largest absolute Gasteiger partial charge is 0.271 e. The average Bonchev–Trinajstić information content (AvgIpc) is 2.55. The molecule has 0 saturated heterocycles. The second kappa shape index (κ2) is 7.93. The SMILES string of the molecule is CC(C)c1ccc(C(=O)NN=CC=Cc2ccccc2)cc1. The van der Waals surface area contributed by atoms with Crippen LogP contribution < -0.4 is 5.43 Å². The lowest BCUT2D eigenvalue weighted by atomic mass is 10.0. The molecule has 0 radical (unpaired) electrons. The normalized spacial score (nSPS) is 11.4. The number of carbonyl (C=O) groups excluding carboxylic acids is 1. The molecular formula is C19H20N2O. The van der Waals surface area contributed by atoms with E-state index in [1.165, 1.54) is 5.56 Å². The van der Waals surface area contributed by atoms with Crippen molar-refractivity contribution in [1.29, 1.82) is 0 Å². The van der Waals surface area contributed by atoms with Gasteiger partial charge in [-0.25, -0.2) is 5.43 Å². The van der Waals surface area contributed by atoms with Crippen LogP contribution in [0, 0.1) is 0 Å². The van der Waals surface area contributed by atoms with Crippen molar-refractivity contribution in [2.24, 2.45) is 5.10 Å². The Hall–Kier alpha value is -2.68. The second-order valence-electron chi connectivity index (χ2n) is 5.27. The molecule has 0 aromatic heterocycles. The van der Waals surface area contributed by atoms with E-state index in [9.17, 15) is 4.79 Å². The molecule has 22 heavy (non-hydrogen) atoms. The highest BCUT2D eigenvalue weighted by Gasteiger charge is 2.04. The van der Waals surface area contributed by atoms with Gasteiger partial charge in [-0.05, 0) is 35.3 Å². The van der Waals surface area contributed by atoms with E-state index in [-0.39, 0.29) is 5.91 Å². The van der Waals surface area contributed by atoms with Crippen molar-refractivity contribution in [1.82, 2.24) is 5.43 Å². The summed E-state index contributed by atoms with van der Waals surface area (Å²) in [5.41, 5.74) is 5.42. The van der Waals surface area contributed by atoms with Gasteiger partial charge in [-0.3, -0.25) is 4.79 Å². The van der Waals surface area contributed by atoms with E-state index in [0.29, 0.717) is 11.5 Å². The molecule has 0 aliphatic carbocycles. The highest BCUT2D eigenvalue weighted by Crippen LogP contribution is 2.14. The first-order valence-electron chi connectivity index (χ1n) is 7.32. The Morgan fingerprint density at radius 1 is 1.05 bits per heavy atom. The summed E-state index contributed by atoms with van der Waals surface area (Å²) in [4.78, 5) is 11.9. The molecule has 0 saturated carbocycles. The van der Waals surface area contributed by atoms with Crippen molar-refractivity contribution in [3.63, 3.8) is 0 Å². The quantitative estimate of drug-likeness (QED) is 0.650. The van der Waals surface area contributed by atoms with Gasteiger partial charge in [0.15, 0.2) is 0 Å². The van der Waals surface area contributed by atoms with Crippen LogP contribution >= 0.6 is 0 Å². The number of hydrazone groups is 1. The van der Waals surface area contributed by atoms with E-state index in [0.717, 1.165) is 5.56 Å². The Bertz CT molecular complexity index is 656. The fourth-order valence-corrected chi connectivity index (χ4v) is 1.94. The van der Waals surface area contributed by atoms with E-state index in [1.54, 1.807) is 12.3 Å². The second-order valence-corrected chi connectivity index (χ2v) is 5.27. The van der Waals surface area contributed by atoms with Gasteiger partial charge in [0.2, 0.25) is 0 Å². The van der Waals surface area contributed by atoms with Crippen LogP contribution in [0.3, 0.4) is 0 Å². The van der Waals surface area contributed by atoms with Crippen molar-refractivity contribution in [2.45, 2.75) is 19.8 Å². The van der Waals surface area contributed by atoms with Crippen molar-refractivity contribution in [3.8, 4) is 0 Å². The fourth-order valence-electron chi connectivity index (χ4n) is 1.94. The number of amides is 1. The molecule has 0 aliphatic rings. The van der Waals surface area contributed by atoms with Gasteiger partial charge < -0.3 is 0 Å². The maximum Gasteiger partial charge on any atom is 0.271 e. The molecule has 1 N–H and O–H groups in total. The number of nitrogens with one attached hydrogen (secondary N) is 1. The number of hydrogen-bond donors (Lipinski definition) is 1. The zero-order valence-electron chi connectivity index (χ0n) is 12.9. The lowest BCUT2D eigenvalue weighted by Gasteiger charge is -2.05. The molecular weight excluding hydrogens is 272 g/mol. The van der Waals surface area contributed by atoms with E-state index < -0.39 is 0 Å². The number of carbonyl (C=O) groups is 1. The van der Waals surface area contributed by atoms with Crippen molar-refractivity contribution < 1.29 is 4.79 Å². The van der Waals surface area contributed by atoms with E-state index >= 15 is 0 Å². The summed E-state index contributed by atoms with van der Waals surface area (Å²) < 4.78 is 0. The number of allylic oxidation sites excluding steroid dienone is 1. The smallest absolute Gasteiger partial charge is 0.267 e. The predicted octanol–water partition coefficient (Wildman–Crippen LogP) is 4.24. The monoisotopic (exact) mass is 292 g/mol. The van der Waals surface area contributed by atoms with Crippen molar-refractivity contribution in [3.05, 3.63) is 77.4 Å². The third kappa shape index (κ3) is 4.70. The summed E-state index contributed by atoms with van der Waals surface area (Å²) >= 11 is 0. The molecule has 0 spiro atoms. The molecule has 112 valence electrons. The van der Waals surface area contributed by atoms with Crippen LogP contribution in [0.15, 0.2) is 65.8 Å². The highest BCUT2D eigenvalue weighted by atomic mass is 16.2. The van der Waals surface area contributed by atoms with Crippen molar-refractivity contribution >= 4 is 18.2 Å². The van der Waals surface area contributed by atoms with Crippen LogP contribution in [-0.4, -0.2) is 12.1 Å². The fraction of sp³-hybridized carbons (Fsp3) is 0.158. The minimum absolute atomic E-state index is 0.209. The number of nitrogens with zero attached hydrogens (tertiary/aromatic N) is 1. The molecule has 0 bridgehead atoms.